The summed E-state index contributed by atoms with van der Waals surface area (Å²) in [6, 6.07) is 29.8. The van der Waals surface area contributed by atoms with Crippen LogP contribution in [0.1, 0.15) is 174 Å². The second-order valence-electron chi connectivity index (χ2n) is 7.24. The molecule has 5 aromatic heterocycles. The topological polar surface area (TPSA) is 90.2 Å². The van der Waals surface area contributed by atoms with Gasteiger partial charge < -0.3 is 0 Å². The molecule has 0 saturated heterocycles. The molecule has 2 aromatic carbocycles. The van der Waals surface area contributed by atoms with Crippen LogP contribution in [0.3, 0.4) is 0 Å². The molecule has 0 saturated carbocycles. The molecular formula is C56H103N7. The number of pyridine rings is 3. The molecule has 0 aliphatic rings. The molecule has 5 heterocycles. The van der Waals surface area contributed by atoms with E-state index in [-0.39, 0.29) is 7.43 Å². The molecule has 0 fully saturated rings. The highest BCUT2D eigenvalue weighted by molar-refractivity contribution is 5.81. The number of fused-ring (bicyclic) bond motifs is 2. The van der Waals surface area contributed by atoms with Crippen molar-refractivity contribution in [2.75, 3.05) is 0 Å². The molecule has 362 valence electrons. The van der Waals surface area contributed by atoms with Crippen molar-refractivity contribution >= 4 is 21.7 Å². The largest absolute Gasteiger partial charge is 0.265 e. The first-order valence-corrected chi connectivity index (χ1v) is 23.8. The van der Waals surface area contributed by atoms with E-state index in [1.165, 1.54) is 22.5 Å². The third-order valence-electron chi connectivity index (χ3n) is 4.58. The monoisotopic (exact) mass is 874 g/mol. The van der Waals surface area contributed by atoms with Crippen LogP contribution < -0.4 is 0 Å². The number of rotatable bonds is 0. The Labute approximate surface area is 394 Å². The third kappa shape index (κ3) is 71.4. The van der Waals surface area contributed by atoms with Crippen molar-refractivity contribution < 1.29 is 0 Å². The Bertz CT molecular complexity index is 1170. The van der Waals surface area contributed by atoms with Crippen molar-refractivity contribution in [1.29, 1.82) is 0 Å². The molecule has 0 aliphatic heterocycles. The number of hydrogen-bond donors (Lipinski definition) is 0. The van der Waals surface area contributed by atoms with Gasteiger partial charge in [-0.25, -0.2) is 9.97 Å². The predicted molar refractivity (Wildman–Crippen MR) is 295 cm³/mol. The number of hydrogen-bond acceptors (Lipinski definition) is 7. The van der Waals surface area contributed by atoms with Gasteiger partial charge in [0.2, 0.25) is 0 Å². The van der Waals surface area contributed by atoms with Crippen LogP contribution >= 0.6 is 0 Å². The molecule has 0 amide bonds. The van der Waals surface area contributed by atoms with Crippen LogP contribution in [0.5, 0.6) is 0 Å². The summed E-state index contributed by atoms with van der Waals surface area (Å²) in [4.78, 5) is 26.8. The Morgan fingerprint density at radius 3 is 0.889 bits per heavy atom. The van der Waals surface area contributed by atoms with Crippen LogP contribution in [0.4, 0.5) is 0 Å². The summed E-state index contributed by atoms with van der Waals surface area (Å²) in [5.74, 6) is 0. The molecule has 7 nitrogen and oxygen atoms in total. The molecule has 0 atom stereocenters. The fraction of sp³-hybridized carbons (Fsp3) is 0.446. The second kappa shape index (κ2) is 106. The van der Waals surface area contributed by atoms with E-state index < -0.39 is 0 Å². The van der Waals surface area contributed by atoms with Crippen molar-refractivity contribution in [2.24, 2.45) is 0 Å². The zero-order chi connectivity index (χ0) is 50.4. The van der Waals surface area contributed by atoms with Crippen molar-refractivity contribution in [3.63, 3.8) is 0 Å². The lowest BCUT2D eigenvalue weighted by Crippen LogP contribution is -1.73. The summed E-state index contributed by atoms with van der Waals surface area (Å²) in [7, 11) is 0. The maximum Gasteiger partial charge on any atom is 0.115 e. The van der Waals surface area contributed by atoms with E-state index in [1.54, 1.807) is 55.6 Å². The zero-order valence-corrected chi connectivity index (χ0v) is 44.7. The van der Waals surface area contributed by atoms with Gasteiger partial charge in [0.25, 0.3) is 0 Å². The first kappa shape index (κ1) is 84.9. The average molecular weight is 874 g/mol. The molecule has 7 rings (SSSR count). The van der Waals surface area contributed by atoms with E-state index in [9.17, 15) is 0 Å². The van der Waals surface area contributed by atoms with Gasteiger partial charge >= 0.3 is 0 Å². The van der Waals surface area contributed by atoms with Crippen LogP contribution in [-0.4, -0.2) is 34.9 Å². The summed E-state index contributed by atoms with van der Waals surface area (Å²) < 4.78 is 0. The Hall–Kier alpha value is -5.43. The van der Waals surface area contributed by atoms with Crippen molar-refractivity contribution in [2.45, 2.75) is 174 Å². The quantitative estimate of drug-likeness (QED) is 0.150. The van der Waals surface area contributed by atoms with Gasteiger partial charge in [-0.2, -0.15) is 0 Å². The fourth-order valence-electron chi connectivity index (χ4n) is 2.86. The molecular weight excluding hydrogens is 771 g/mol. The molecule has 0 radical (unpaired) electrons. The fourth-order valence-corrected chi connectivity index (χ4v) is 2.86. The summed E-state index contributed by atoms with van der Waals surface area (Å²) in [5, 5.41) is 3.65. The van der Waals surface area contributed by atoms with E-state index in [4.69, 9.17) is 0 Å². The lowest BCUT2D eigenvalue weighted by molar-refractivity contribution is 1.17. The molecule has 63 heavy (non-hydrogen) atoms. The first-order chi connectivity index (χ1) is 30.9. The lowest BCUT2D eigenvalue weighted by atomic mass is 10.2. The minimum atomic E-state index is 0. The van der Waals surface area contributed by atoms with Gasteiger partial charge in [-0.3, -0.25) is 24.9 Å². The molecule has 0 unspecified atom stereocenters. The number of para-hydroxylation sites is 1. The highest BCUT2D eigenvalue weighted by Gasteiger charge is 1.87. The molecule has 7 aromatic rings. The van der Waals surface area contributed by atoms with Gasteiger partial charge in [0, 0.05) is 73.6 Å². The Morgan fingerprint density at radius 2 is 0.587 bits per heavy atom. The van der Waals surface area contributed by atoms with Crippen molar-refractivity contribution in [3.8, 4) is 0 Å². The van der Waals surface area contributed by atoms with Gasteiger partial charge in [-0.15, -0.1) is 0 Å². The summed E-state index contributed by atoms with van der Waals surface area (Å²) >= 11 is 0. The maximum absolute atomic E-state index is 4.18. The summed E-state index contributed by atoms with van der Waals surface area (Å²) in [6.45, 7) is 48.0. The minimum absolute atomic E-state index is 0. The SMILES string of the molecule is C.CC.CC.CC.CC.CC.CC.CC.CC.CC.CC.CC.CC.c1ccc2cnccc2c1.c1ccc2ncccc2c1.c1ccncc1.c1cnccn1.c1cncnc1. The van der Waals surface area contributed by atoms with Crippen molar-refractivity contribution in [1.82, 2.24) is 34.9 Å². The average Bonchev–Trinajstić information content (AvgIpc) is 3.45. The second-order valence-corrected chi connectivity index (χ2v) is 7.24. The van der Waals surface area contributed by atoms with Crippen LogP contribution in [0.2, 0.25) is 0 Å². The van der Waals surface area contributed by atoms with Gasteiger partial charge in [-0.1, -0.05) is 228 Å². The predicted octanol–water partition coefficient (Wildman–Crippen LogP) is 19.5. The Morgan fingerprint density at radius 1 is 0.238 bits per heavy atom. The highest BCUT2D eigenvalue weighted by atomic mass is 14.8. The lowest BCUT2D eigenvalue weighted by Gasteiger charge is -1.91. The molecule has 0 aliphatic carbocycles. The normalized spacial score (nSPS) is 6.60. The van der Waals surface area contributed by atoms with Gasteiger partial charge in [0.05, 0.1) is 5.52 Å². The van der Waals surface area contributed by atoms with Crippen LogP contribution in [0.25, 0.3) is 21.7 Å². The smallest absolute Gasteiger partial charge is 0.115 e. The Kier molecular flexibility index (Phi) is 143. The first-order valence-electron chi connectivity index (χ1n) is 23.8. The molecule has 0 bridgehead atoms. The van der Waals surface area contributed by atoms with E-state index in [0.717, 1.165) is 5.52 Å². The highest BCUT2D eigenvalue weighted by Crippen LogP contribution is 2.09. The maximum atomic E-state index is 4.18. The number of aromatic nitrogens is 7. The van der Waals surface area contributed by atoms with E-state index in [1.807, 2.05) is 245 Å². The molecule has 7 heteroatoms. The van der Waals surface area contributed by atoms with Gasteiger partial charge in [-0.05, 0) is 47.2 Å². The minimum Gasteiger partial charge on any atom is -0.265 e. The number of benzene rings is 2. The zero-order valence-electron chi connectivity index (χ0n) is 44.7. The standard InChI is InChI=1S/2C9H7N.C5H5N.2C4H4N2.12C2H6.CH4/c1-2-6-9-8(4-1)5-3-7-10-9;1-2-4-9-7-10-6-5-8(9)3-1;1-2-4-6-5-3-1;1-2-6-4-3-5-1;1-2-5-4-6-3-1;12*1-2;/h2*1-7H;1-5H;2*1-4H;12*1-2H3;1H4. The Balaban J connectivity index is -0.0000000536. The summed E-state index contributed by atoms with van der Waals surface area (Å²) in [5.41, 5.74) is 1.06. The van der Waals surface area contributed by atoms with Gasteiger partial charge in [0.1, 0.15) is 6.33 Å². The molecule has 0 spiro atoms. The van der Waals surface area contributed by atoms with Crippen LogP contribution in [0, 0.1) is 0 Å². The van der Waals surface area contributed by atoms with E-state index >= 15 is 0 Å². The summed E-state index contributed by atoms with van der Waals surface area (Å²) in [6.07, 6.45) is 20.4. The number of nitrogens with zero attached hydrogens (tertiary/aromatic N) is 7. The molecule has 0 N–H and O–H groups in total. The van der Waals surface area contributed by atoms with Gasteiger partial charge in [0.15, 0.2) is 0 Å². The van der Waals surface area contributed by atoms with Crippen LogP contribution in [0.15, 0.2) is 165 Å². The van der Waals surface area contributed by atoms with Crippen molar-refractivity contribution in [3.05, 3.63) is 165 Å². The van der Waals surface area contributed by atoms with E-state index in [0.29, 0.717) is 0 Å². The third-order valence-corrected chi connectivity index (χ3v) is 4.58. The van der Waals surface area contributed by atoms with E-state index in [2.05, 4.69) is 59.2 Å². The van der Waals surface area contributed by atoms with Crippen LogP contribution in [-0.2, 0) is 0 Å².